The fourth-order valence-corrected chi connectivity index (χ4v) is 1.80. The van der Waals surface area contributed by atoms with Gasteiger partial charge in [-0.15, -0.1) is 23.5 Å². The van der Waals surface area contributed by atoms with Gasteiger partial charge in [-0.1, -0.05) is 0 Å². The van der Waals surface area contributed by atoms with Gasteiger partial charge in [-0.25, -0.2) is 9.79 Å². The molecule has 0 rings (SSSR count). The highest BCUT2D eigenvalue weighted by Crippen LogP contribution is 2.14. The Labute approximate surface area is 99.1 Å². The zero-order valence-corrected chi connectivity index (χ0v) is 11.2. The Bertz CT molecular complexity index is 269. The van der Waals surface area contributed by atoms with Crippen LogP contribution in [-0.2, 0) is 9.53 Å². The number of rotatable bonds is 3. The van der Waals surface area contributed by atoms with Crippen molar-refractivity contribution in [3.05, 3.63) is 11.9 Å². The van der Waals surface area contributed by atoms with Crippen LogP contribution in [-0.4, -0.2) is 49.0 Å². The van der Waals surface area contributed by atoms with Crippen LogP contribution >= 0.6 is 23.5 Å². The number of thioether (sulfide) groups is 2. The van der Waals surface area contributed by atoms with Crippen molar-refractivity contribution in [1.82, 2.24) is 4.90 Å². The van der Waals surface area contributed by atoms with Crippen molar-refractivity contribution < 1.29 is 9.53 Å². The van der Waals surface area contributed by atoms with Gasteiger partial charge in [0, 0.05) is 20.3 Å². The van der Waals surface area contributed by atoms with Crippen LogP contribution in [0.3, 0.4) is 0 Å². The Kier molecular flexibility index (Phi) is 7.33. The van der Waals surface area contributed by atoms with Crippen molar-refractivity contribution in [2.24, 2.45) is 4.99 Å². The molecule has 0 heterocycles. The first-order valence-corrected chi connectivity index (χ1v) is 6.63. The lowest BCUT2D eigenvalue weighted by Crippen LogP contribution is -2.10. The summed E-state index contributed by atoms with van der Waals surface area (Å²) in [5.74, 6) is -0.427. The lowest BCUT2D eigenvalue weighted by molar-refractivity contribution is -0.136. The third-order valence-electron chi connectivity index (χ3n) is 1.34. The maximum Gasteiger partial charge on any atom is 0.358 e. The standard InChI is InChI=1S/C9H16N2O2S2/c1-11(2)6-7(8(12)13-3)10-9(14-4)15-5/h6H,1-5H3/b7-6+. The second-order valence-electron chi connectivity index (χ2n) is 2.76. The van der Waals surface area contributed by atoms with E-state index in [2.05, 4.69) is 9.73 Å². The Morgan fingerprint density at radius 2 is 1.87 bits per heavy atom. The van der Waals surface area contributed by atoms with Crippen molar-refractivity contribution in [3.8, 4) is 0 Å². The molecule has 0 aliphatic rings. The number of esters is 1. The van der Waals surface area contributed by atoms with Gasteiger partial charge in [-0.2, -0.15) is 0 Å². The molecule has 0 aromatic rings. The van der Waals surface area contributed by atoms with Crippen LogP contribution in [0.25, 0.3) is 0 Å². The number of hydrogen-bond donors (Lipinski definition) is 0. The van der Waals surface area contributed by atoms with Gasteiger partial charge in [0.2, 0.25) is 0 Å². The molecule has 86 valence electrons. The molecule has 0 atom stereocenters. The van der Waals surface area contributed by atoms with Crippen LogP contribution in [0.15, 0.2) is 16.9 Å². The maximum absolute atomic E-state index is 11.4. The molecule has 0 unspecified atom stereocenters. The van der Waals surface area contributed by atoms with E-state index in [1.165, 1.54) is 30.6 Å². The molecule has 0 amide bonds. The fraction of sp³-hybridized carbons (Fsp3) is 0.556. The van der Waals surface area contributed by atoms with E-state index in [-0.39, 0.29) is 0 Å². The SMILES string of the molecule is COC(=O)/C(=C\N(C)C)N=C(SC)SC. The largest absolute Gasteiger partial charge is 0.464 e. The minimum atomic E-state index is -0.427. The van der Waals surface area contributed by atoms with Gasteiger partial charge in [0.05, 0.1) is 7.11 Å². The van der Waals surface area contributed by atoms with E-state index in [4.69, 9.17) is 0 Å². The Morgan fingerprint density at radius 3 is 2.20 bits per heavy atom. The average Bonchev–Trinajstić information content (AvgIpc) is 2.22. The third kappa shape index (κ3) is 5.74. The molecule has 0 saturated carbocycles. The average molecular weight is 248 g/mol. The second-order valence-corrected chi connectivity index (χ2v) is 4.60. The first kappa shape index (κ1) is 14.4. The zero-order chi connectivity index (χ0) is 11.8. The molecule has 0 aliphatic carbocycles. The van der Waals surface area contributed by atoms with Gasteiger partial charge < -0.3 is 9.64 Å². The van der Waals surface area contributed by atoms with Gasteiger partial charge in [0.15, 0.2) is 5.70 Å². The topological polar surface area (TPSA) is 41.9 Å². The van der Waals surface area contributed by atoms with Crippen molar-refractivity contribution in [1.29, 1.82) is 0 Å². The summed E-state index contributed by atoms with van der Waals surface area (Å²) in [6.07, 6.45) is 5.47. The number of nitrogens with zero attached hydrogens (tertiary/aromatic N) is 2. The molecule has 0 aromatic heterocycles. The smallest absolute Gasteiger partial charge is 0.358 e. The van der Waals surface area contributed by atoms with E-state index in [1.807, 2.05) is 26.6 Å². The summed E-state index contributed by atoms with van der Waals surface area (Å²) in [4.78, 5) is 17.3. The third-order valence-corrected chi connectivity index (χ3v) is 3.22. The summed E-state index contributed by atoms with van der Waals surface area (Å²) < 4.78 is 5.47. The van der Waals surface area contributed by atoms with Crippen molar-refractivity contribution in [3.63, 3.8) is 0 Å². The van der Waals surface area contributed by atoms with Gasteiger partial charge in [0.1, 0.15) is 4.38 Å². The van der Waals surface area contributed by atoms with E-state index in [0.717, 1.165) is 4.38 Å². The minimum Gasteiger partial charge on any atom is -0.464 e. The number of carbonyl (C=O) groups is 1. The summed E-state index contributed by atoms with van der Waals surface area (Å²) in [6, 6.07) is 0. The molecule has 4 nitrogen and oxygen atoms in total. The second kappa shape index (κ2) is 7.64. The molecule has 0 saturated heterocycles. The van der Waals surface area contributed by atoms with E-state index in [9.17, 15) is 4.79 Å². The van der Waals surface area contributed by atoms with Crippen LogP contribution in [0.1, 0.15) is 0 Å². The quantitative estimate of drug-likeness (QED) is 0.329. The molecule has 0 fully saturated rings. The van der Waals surface area contributed by atoms with Gasteiger partial charge in [-0.3, -0.25) is 0 Å². The lowest BCUT2D eigenvalue weighted by Gasteiger charge is -2.07. The van der Waals surface area contributed by atoms with Crippen molar-refractivity contribution >= 4 is 33.9 Å². The number of methoxy groups -OCH3 is 1. The highest BCUT2D eigenvalue weighted by atomic mass is 32.2. The monoisotopic (exact) mass is 248 g/mol. The Balaban J connectivity index is 4.95. The summed E-state index contributed by atoms with van der Waals surface area (Å²) in [6.45, 7) is 0. The Hall–Kier alpha value is -0.620. The van der Waals surface area contributed by atoms with E-state index in [0.29, 0.717) is 5.70 Å². The number of carbonyl (C=O) groups excluding carboxylic acids is 1. The van der Waals surface area contributed by atoms with Gasteiger partial charge in [0.25, 0.3) is 0 Å². The fourth-order valence-electron chi connectivity index (χ4n) is 0.749. The first-order valence-electron chi connectivity index (χ1n) is 4.18. The number of hydrogen-bond acceptors (Lipinski definition) is 6. The van der Waals surface area contributed by atoms with Crippen LogP contribution in [0, 0.1) is 0 Å². The maximum atomic E-state index is 11.4. The molecule has 15 heavy (non-hydrogen) atoms. The summed E-state index contributed by atoms with van der Waals surface area (Å²) in [5.41, 5.74) is 0.307. The van der Waals surface area contributed by atoms with Crippen LogP contribution in [0.4, 0.5) is 0 Å². The molecule has 0 aliphatic heterocycles. The van der Waals surface area contributed by atoms with E-state index in [1.54, 1.807) is 11.1 Å². The highest BCUT2D eigenvalue weighted by molar-refractivity contribution is 8.38. The molecule has 0 N–H and O–H groups in total. The van der Waals surface area contributed by atoms with Gasteiger partial charge in [-0.05, 0) is 12.5 Å². The van der Waals surface area contributed by atoms with Crippen LogP contribution in [0.5, 0.6) is 0 Å². The summed E-state index contributed by atoms with van der Waals surface area (Å²) >= 11 is 3.00. The molecular weight excluding hydrogens is 232 g/mol. The number of aliphatic imine (C=N–C) groups is 1. The lowest BCUT2D eigenvalue weighted by atomic mass is 10.5. The molecule has 0 aromatic carbocycles. The first-order chi connectivity index (χ1) is 7.04. The highest BCUT2D eigenvalue weighted by Gasteiger charge is 2.10. The summed E-state index contributed by atoms with van der Waals surface area (Å²) in [7, 11) is 5.01. The molecule has 0 spiro atoms. The molecule has 0 radical (unpaired) electrons. The minimum absolute atomic E-state index is 0.307. The van der Waals surface area contributed by atoms with Gasteiger partial charge >= 0.3 is 5.97 Å². The van der Waals surface area contributed by atoms with Crippen molar-refractivity contribution in [2.75, 3.05) is 33.7 Å². The molecule has 6 heteroatoms. The molecule has 0 bridgehead atoms. The normalized spacial score (nSPS) is 10.9. The predicted octanol–water partition coefficient (Wildman–Crippen LogP) is 1.64. The predicted molar refractivity (Wildman–Crippen MR) is 68.3 cm³/mol. The summed E-state index contributed by atoms with van der Waals surface area (Å²) in [5, 5.41) is 0. The van der Waals surface area contributed by atoms with Crippen molar-refractivity contribution in [2.45, 2.75) is 0 Å². The number of ether oxygens (including phenoxy) is 1. The van der Waals surface area contributed by atoms with E-state index < -0.39 is 5.97 Å². The van der Waals surface area contributed by atoms with Crippen LogP contribution < -0.4 is 0 Å². The molecular formula is C9H16N2O2S2. The van der Waals surface area contributed by atoms with E-state index >= 15 is 0 Å². The van der Waals surface area contributed by atoms with Crippen LogP contribution in [0.2, 0.25) is 0 Å². The zero-order valence-electron chi connectivity index (χ0n) is 9.60. The Morgan fingerprint density at radius 1 is 1.33 bits per heavy atom.